The van der Waals surface area contributed by atoms with Gasteiger partial charge in [-0.05, 0) is 117 Å². The molecule has 16 atom stereocenters. The van der Waals surface area contributed by atoms with Crippen molar-refractivity contribution in [1.82, 2.24) is 78.1 Å². The van der Waals surface area contributed by atoms with E-state index in [0.29, 0.717) is 80.5 Å². The van der Waals surface area contributed by atoms with Gasteiger partial charge in [-0.25, -0.2) is 29.9 Å². The van der Waals surface area contributed by atoms with Crippen molar-refractivity contribution in [2.45, 2.75) is 138 Å². The molecule has 32 nitrogen and oxygen atoms in total. The van der Waals surface area contributed by atoms with Gasteiger partial charge in [0.1, 0.15) is 82.8 Å². The highest BCUT2D eigenvalue weighted by molar-refractivity contribution is 7.73. The number of hydrogen-bond donors (Lipinski definition) is 13. The number of aliphatic hydroxyl groups is 8. The lowest BCUT2D eigenvalue weighted by molar-refractivity contribution is -0.0353. The third-order valence-corrected chi connectivity index (χ3v) is 23.6. The molecule has 12 rings (SSSR count). The Labute approximate surface area is 582 Å². The Morgan fingerprint density at radius 2 is 0.758 bits per heavy atom. The Balaban J connectivity index is 0.000000154. The molecule has 13 N–H and O–H groups in total. The maximum absolute atomic E-state index is 12.2. The minimum absolute atomic E-state index is 0.151. The molecule has 0 aromatic carbocycles. The van der Waals surface area contributed by atoms with Crippen molar-refractivity contribution >= 4 is 134 Å². The molecule has 8 aromatic heterocycles. The molecule has 4 unspecified atom stereocenters. The lowest BCUT2D eigenvalue weighted by Gasteiger charge is -2.18. The molecule has 4 fully saturated rings. The molecule has 12 heterocycles. The fourth-order valence-corrected chi connectivity index (χ4v) is 16.1. The number of H-pyrrole nitrogens is 4. The molecule has 0 radical (unpaired) electrons. The zero-order valence-corrected chi connectivity index (χ0v) is 63.2. The minimum atomic E-state index is -1.26. The summed E-state index contributed by atoms with van der Waals surface area (Å²) in [6.45, 7) is 15.7. The van der Waals surface area contributed by atoms with Crippen LogP contribution in [0.3, 0.4) is 0 Å². The zero-order chi connectivity index (χ0) is 72.9. The first kappa shape index (κ1) is 77.7. The molecular weight excluding hydrogens is 1400 g/mol. The number of aryl methyl sites for hydroxylation is 2. The van der Waals surface area contributed by atoms with Gasteiger partial charge in [0.25, 0.3) is 11.1 Å². The maximum Gasteiger partial charge on any atom is 0.280 e. The predicted octanol–water partition coefficient (Wildman–Crippen LogP) is 2.82. The molecule has 8 aromatic rings. The lowest BCUT2D eigenvalue weighted by atomic mass is 10.1. The second kappa shape index (κ2) is 30.9. The number of hydrogen-bond acceptors (Lipinski definition) is 26. The van der Waals surface area contributed by atoms with E-state index in [0.717, 1.165) is 24.6 Å². The van der Waals surface area contributed by atoms with Crippen LogP contribution in [0.4, 0.5) is 11.9 Å². The summed E-state index contributed by atoms with van der Waals surface area (Å²) < 4.78 is 30.9. The van der Waals surface area contributed by atoms with Gasteiger partial charge in [0, 0.05) is 21.1 Å². The topological polar surface area (TPSA) is 434 Å². The summed E-state index contributed by atoms with van der Waals surface area (Å²) in [5.74, 6) is 1.97. The van der Waals surface area contributed by atoms with E-state index in [1.54, 1.807) is 61.7 Å². The normalized spacial score (nSPS) is 27.3. The van der Waals surface area contributed by atoms with Gasteiger partial charge in [-0.15, -0.1) is 52.7 Å². The number of aromatic amines is 4. The quantitative estimate of drug-likeness (QED) is 0.0434. The molecule has 4 aliphatic heterocycles. The van der Waals surface area contributed by atoms with Crippen LogP contribution >= 0.6 is 52.0 Å². The number of anilines is 2. The monoisotopic (exact) mass is 1490 g/mol. The van der Waals surface area contributed by atoms with E-state index in [4.69, 9.17) is 43.4 Å². The number of nitrogens with zero attached hydrogens (tertiary/aromatic N) is 13. The van der Waals surface area contributed by atoms with Crippen molar-refractivity contribution < 1.29 is 59.8 Å². The number of rotatable bonds is 18. The van der Waals surface area contributed by atoms with E-state index < -0.39 is 126 Å². The molecule has 0 spiro atoms. The molecule has 0 amide bonds. The molecule has 38 heteroatoms. The van der Waals surface area contributed by atoms with Gasteiger partial charge in [0.05, 0.1) is 49.7 Å². The Morgan fingerprint density at radius 3 is 1.07 bits per heavy atom. The number of fused-ring (bicyclic) bond motifs is 4. The van der Waals surface area contributed by atoms with Crippen molar-refractivity contribution in [3.05, 3.63) is 66.9 Å². The van der Waals surface area contributed by atoms with Crippen LogP contribution in [0.15, 0.2) is 34.9 Å². The Kier molecular flexibility index (Phi) is 24.2. The first-order chi connectivity index (χ1) is 46.1. The average Bonchev–Trinajstić information content (AvgIpc) is 1.65. The maximum atomic E-state index is 12.2. The molecule has 99 heavy (non-hydrogen) atoms. The van der Waals surface area contributed by atoms with E-state index in [9.17, 15) is 50.4 Å². The minimum Gasteiger partial charge on any atom is -0.388 e. The van der Waals surface area contributed by atoms with Gasteiger partial charge < -0.3 is 80.0 Å². The summed E-state index contributed by atoms with van der Waals surface area (Å²) in [5, 5.41) is 86.0. The van der Waals surface area contributed by atoms with E-state index in [1.165, 1.54) is 21.8 Å². The van der Waals surface area contributed by atoms with Crippen LogP contribution < -0.4 is 21.3 Å². The van der Waals surface area contributed by atoms with Gasteiger partial charge in [0.15, 0.2) is 56.5 Å². The van der Waals surface area contributed by atoms with Crippen LogP contribution in [0.1, 0.15) is 62.2 Å². The molecule has 4 aliphatic rings. The third kappa shape index (κ3) is 18.1. The Bertz CT molecular complexity index is 4500. The zero-order valence-electron chi connectivity index (χ0n) is 58.0. The molecule has 0 bridgehead atoms. The molecular formula is C61H96N18O14P4S2. The highest BCUT2D eigenvalue weighted by atomic mass is 32.1. The number of ether oxygens (including phenoxy) is 4. The highest BCUT2D eigenvalue weighted by Gasteiger charge is 2.48. The highest BCUT2D eigenvalue weighted by Crippen LogP contribution is 2.44. The van der Waals surface area contributed by atoms with Crippen LogP contribution in [-0.2, 0) is 18.9 Å². The fraction of sp³-hybridized carbons (Fsp3) is 0.607. The Hall–Kier alpha value is -5.44. The SMILES string of the molecule is C=P(C)(C)CC[C@H]1OC(n2cnc3c(=O)[nH]c(N(C)C)nc32)[C@H](O)[C@@H]1O.C=P(C)(C)CC[C@H]1OC(n2cnc3c(=O)[nH]c(NC)nc32)[C@H](O)[C@@H]1O.C=P(C)(C)CC[C@H]1OC(n2cnc3c(=S)nc(C)[nH]c32)[C@H](O)[C@@H]1O.C=P(C)(C)CC[C@H]1OC(n2cnc3c(=S)nc(C)[nH]c32)[C@H](O)[C@@H]1O. The van der Waals surface area contributed by atoms with Crippen LogP contribution in [0.25, 0.3) is 44.7 Å². The standard InChI is InChI=1S/C16H26N5O4P.C15H24N5O4P.2C15H23N4O3PS/c1-20(2)16-18-13-10(14(24)19-16)17-8-21(13)15-12(23)11(22)9(25-15)6-7-26(3,4)5;1-16-15-18-12-9(13(23)19-15)17-7-20(12)14-11(22)10(21)8(24-14)5-6-25(2,3)4;2*1-8-17-13-10(14(24)18-8)16-7-19(13)15-12(21)11(20)9(22-15)5-6-23(2,3)4/h8-9,11-12,15,22-23H,3,6-7H2,1-2,4-5H3,(H,18,19,24);7-8,10-11,14,21-22H,2,5-6H2,1,3-4H3,(H2,16,18,19,23);2*7,9,11-12,15,20-21H,2,5-6H2,1,3-4H3,(H,17,18,24)/t9-,11-,12-,15?;8-,10-,11-,14?;2*9-,11-,12-,15?/m1111/s1. The van der Waals surface area contributed by atoms with Crippen molar-refractivity contribution in [2.75, 3.05) is 109 Å². The predicted molar refractivity (Wildman–Crippen MR) is 400 cm³/mol. The number of nitrogens with one attached hydrogen (secondary N) is 5. The molecule has 0 aliphatic carbocycles. The summed E-state index contributed by atoms with van der Waals surface area (Å²) in [5.41, 5.74) is 2.51. The van der Waals surface area contributed by atoms with Crippen molar-refractivity contribution in [2.24, 2.45) is 0 Å². The van der Waals surface area contributed by atoms with Crippen molar-refractivity contribution in [3.8, 4) is 0 Å². The number of aliphatic hydroxyl groups excluding tert-OH is 8. The van der Waals surface area contributed by atoms with Gasteiger partial charge in [-0.2, -0.15) is 9.97 Å². The van der Waals surface area contributed by atoms with Crippen molar-refractivity contribution in [1.29, 1.82) is 0 Å². The van der Waals surface area contributed by atoms with E-state index in [-0.39, 0.29) is 33.7 Å². The van der Waals surface area contributed by atoms with Crippen LogP contribution in [0.2, 0.25) is 0 Å². The fourth-order valence-electron chi connectivity index (χ4n) is 11.7. The summed E-state index contributed by atoms with van der Waals surface area (Å²) in [6, 6.07) is 0. The number of imidazole rings is 4. The largest absolute Gasteiger partial charge is 0.388 e. The molecule has 4 saturated heterocycles. The second-order valence-corrected chi connectivity index (χ2v) is 46.6. The lowest BCUT2D eigenvalue weighted by Crippen LogP contribution is -2.32. The van der Waals surface area contributed by atoms with Gasteiger partial charge in [0.2, 0.25) is 11.9 Å². The third-order valence-electron chi connectivity index (χ3n) is 17.2. The smallest absolute Gasteiger partial charge is 0.280 e. The van der Waals surface area contributed by atoms with Crippen molar-refractivity contribution in [3.63, 3.8) is 0 Å². The first-order valence-corrected chi connectivity index (χ1v) is 45.1. The second-order valence-electron chi connectivity index (χ2n) is 28.5. The summed E-state index contributed by atoms with van der Waals surface area (Å²) in [4.78, 5) is 71.0. The summed E-state index contributed by atoms with van der Waals surface area (Å²) in [6.07, 6.45) is 15.4. The van der Waals surface area contributed by atoms with Crippen LogP contribution in [0.5, 0.6) is 0 Å². The summed E-state index contributed by atoms with van der Waals surface area (Å²) >= 11 is 10.4. The molecule has 546 valence electrons. The first-order valence-electron chi connectivity index (χ1n) is 32.1. The van der Waals surface area contributed by atoms with Gasteiger partial charge >= 0.3 is 0 Å². The van der Waals surface area contributed by atoms with E-state index >= 15 is 0 Å². The Morgan fingerprint density at radius 1 is 0.465 bits per heavy atom. The van der Waals surface area contributed by atoms with Crippen LogP contribution in [0, 0.1) is 23.1 Å². The van der Waals surface area contributed by atoms with Gasteiger partial charge in [-0.3, -0.25) is 37.8 Å². The van der Waals surface area contributed by atoms with Gasteiger partial charge in [-0.1, -0.05) is 24.4 Å². The average molecular weight is 1490 g/mol. The number of aromatic nitrogens is 16. The molecule has 0 saturated carbocycles. The van der Waals surface area contributed by atoms with E-state index in [1.807, 2.05) is 0 Å². The van der Waals surface area contributed by atoms with Crippen LogP contribution in [-0.4, -0.2) is 316 Å². The van der Waals surface area contributed by atoms with E-state index in [2.05, 4.69) is 144 Å². The summed E-state index contributed by atoms with van der Waals surface area (Å²) in [7, 11) is 5.15.